The summed E-state index contributed by atoms with van der Waals surface area (Å²) < 4.78 is 63.5. The molecular weight excluding hydrogens is 514 g/mol. The minimum Gasteiger partial charge on any atom is -0.475 e. The molecule has 0 saturated heterocycles. The Morgan fingerprint density at radius 2 is 1.49 bits per heavy atom. The first-order chi connectivity index (χ1) is 16.8. The molecule has 1 aliphatic heterocycles. The van der Waals surface area contributed by atoms with Crippen LogP contribution in [0.2, 0.25) is 0 Å². The van der Waals surface area contributed by atoms with Crippen molar-refractivity contribution < 1.29 is 50.9 Å². The van der Waals surface area contributed by atoms with E-state index in [1.54, 1.807) is 19.0 Å². The SMILES string of the molecule is CCN1CCc2cc(C(=O)N(C)C)c(NCC(C)C)nc2CC1.O=C(O)C(F)(F)F.O=C(O)C(F)(F)F. The first kappa shape index (κ1) is 33.9. The number of carbonyl (C=O) groups is 3. The number of aliphatic carboxylic acids is 2. The van der Waals surface area contributed by atoms with Crippen molar-refractivity contribution in [1.29, 1.82) is 0 Å². The van der Waals surface area contributed by atoms with Gasteiger partial charge in [-0.25, -0.2) is 14.6 Å². The average molecular weight is 547 g/mol. The van der Waals surface area contributed by atoms with Crippen LogP contribution in [0, 0.1) is 5.92 Å². The molecule has 9 nitrogen and oxygen atoms in total. The number of hydrogen-bond acceptors (Lipinski definition) is 6. The van der Waals surface area contributed by atoms with E-state index in [2.05, 4.69) is 37.1 Å². The van der Waals surface area contributed by atoms with Crippen LogP contribution < -0.4 is 5.32 Å². The molecule has 2 heterocycles. The van der Waals surface area contributed by atoms with E-state index >= 15 is 0 Å². The number of carbonyl (C=O) groups excluding carboxylic acids is 1. The smallest absolute Gasteiger partial charge is 0.475 e. The van der Waals surface area contributed by atoms with Crippen molar-refractivity contribution in [2.45, 2.75) is 46.0 Å². The number of carboxylic acid groups (broad SMARTS) is 2. The summed E-state index contributed by atoms with van der Waals surface area (Å²) in [6, 6.07) is 2.06. The number of nitrogens with zero attached hydrogens (tertiary/aromatic N) is 3. The lowest BCUT2D eigenvalue weighted by Gasteiger charge is -2.18. The van der Waals surface area contributed by atoms with Gasteiger partial charge in [0, 0.05) is 45.8 Å². The number of aromatic nitrogens is 1. The van der Waals surface area contributed by atoms with Crippen LogP contribution >= 0.6 is 0 Å². The van der Waals surface area contributed by atoms with Gasteiger partial charge in [-0.1, -0.05) is 20.8 Å². The zero-order valence-corrected chi connectivity index (χ0v) is 21.1. The second-order valence-corrected chi connectivity index (χ2v) is 8.50. The maximum absolute atomic E-state index is 12.5. The third-order valence-corrected chi connectivity index (χ3v) is 4.80. The number of nitrogens with one attached hydrogen (secondary N) is 1. The summed E-state index contributed by atoms with van der Waals surface area (Å²) in [4.78, 5) is 39.2. The first-order valence-corrected chi connectivity index (χ1v) is 11.1. The van der Waals surface area contributed by atoms with Crippen LogP contribution in [0.1, 0.15) is 42.4 Å². The predicted molar refractivity (Wildman–Crippen MR) is 122 cm³/mol. The highest BCUT2D eigenvalue weighted by Gasteiger charge is 2.38. The summed E-state index contributed by atoms with van der Waals surface area (Å²) in [6.45, 7) is 10.5. The zero-order valence-electron chi connectivity index (χ0n) is 21.1. The molecule has 0 radical (unpaired) electrons. The largest absolute Gasteiger partial charge is 0.490 e. The van der Waals surface area contributed by atoms with E-state index in [1.165, 1.54) is 5.56 Å². The Balaban J connectivity index is 0.000000761. The van der Waals surface area contributed by atoms with Crippen molar-refractivity contribution in [3.8, 4) is 0 Å². The van der Waals surface area contributed by atoms with Gasteiger partial charge < -0.3 is 25.3 Å². The summed E-state index contributed by atoms with van der Waals surface area (Å²) in [7, 11) is 3.58. The van der Waals surface area contributed by atoms with Gasteiger partial charge in [0.25, 0.3) is 5.91 Å². The molecule has 0 aromatic carbocycles. The summed E-state index contributed by atoms with van der Waals surface area (Å²) in [5, 5.41) is 17.6. The van der Waals surface area contributed by atoms with Gasteiger partial charge in [0.2, 0.25) is 0 Å². The van der Waals surface area contributed by atoms with Crippen LogP contribution in [-0.2, 0) is 22.4 Å². The fourth-order valence-electron chi connectivity index (χ4n) is 2.84. The predicted octanol–water partition coefficient (Wildman–Crippen LogP) is 3.54. The minimum atomic E-state index is -5.08. The van der Waals surface area contributed by atoms with Crippen molar-refractivity contribution in [3.05, 3.63) is 22.9 Å². The second kappa shape index (κ2) is 14.6. The van der Waals surface area contributed by atoms with Gasteiger partial charge in [-0.15, -0.1) is 0 Å². The lowest BCUT2D eigenvalue weighted by molar-refractivity contribution is -0.193. The topological polar surface area (TPSA) is 123 Å². The Bertz CT molecular complexity index is 896. The highest BCUT2D eigenvalue weighted by Crippen LogP contribution is 2.23. The summed E-state index contributed by atoms with van der Waals surface area (Å²) in [6.07, 6.45) is -8.25. The number of likely N-dealkylation sites (N-methyl/N-ethyl adjacent to an activating group) is 1. The van der Waals surface area contributed by atoms with Crippen LogP contribution in [0.4, 0.5) is 32.2 Å². The molecule has 0 bridgehead atoms. The van der Waals surface area contributed by atoms with Crippen molar-refractivity contribution in [2.75, 3.05) is 45.6 Å². The van der Waals surface area contributed by atoms with Gasteiger partial charge in [0.1, 0.15) is 5.82 Å². The molecule has 1 aliphatic rings. The molecule has 0 aliphatic carbocycles. The third kappa shape index (κ3) is 12.6. The number of carboxylic acids is 2. The van der Waals surface area contributed by atoms with E-state index in [0.29, 0.717) is 11.5 Å². The number of alkyl halides is 6. The number of pyridine rings is 1. The molecule has 3 N–H and O–H groups in total. The van der Waals surface area contributed by atoms with E-state index in [-0.39, 0.29) is 5.91 Å². The van der Waals surface area contributed by atoms with Crippen molar-refractivity contribution in [2.24, 2.45) is 5.92 Å². The quantitative estimate of drug-likeness (QED) is 0.480. The van der Waals surface area contributed by atoms with Gasteiger partial charge in [-0.3, -0.25) is 4.79 Å². The average Bonchev–Trinajstić information content (AvgIpc) is 2.97. The Hall–Kier alpha value is -3.10. The molecular formula is C22H32F6N4O5. The summed E-state index contributed by atoms with van der Waals surface area (Å²) in [5.41, 5.74) is 3.06. The number of amides is 1. The maximum Gasteiger partial charge on any atom is 0.490 e. The molecule has 15 heteroatoms. The fourth-order valence-corrected chi connectivity index (χ4v) is 2.84. The molecule has 0 saturated carbocycles. The standard InChI is InChI=1S/C18H30N4O.2C2HF3O2/c1-6-22-9-7-14-11-15(18(23)21(4)5)17(19-12-13(2)3)20-16(14)8-10-22;2*3-2(4,5)1(6)7/h11,13H,6-10,12H2,1-5H3,(H,19,20);2*(H,6,7). The van der Waals surface area contributed by atoms with E-state index in [1.807, 2.05) is 0 Å². The number of rotatable bonds is 5. The molecule has 37 heavy (non-hydrogen) atoms. The molecule has 1 aromatic rings. The third-order valence-electron chi connectivity index (χ3n) is 4.80. The van der Waals surface area contributed by atoms with Gasteiger partial charge >= 0.3 is 24.3 Å². The highest BCUT2D eigenvalue weighted by molar-refractivity contribution is 5.98. The number of anilines is 1. The molecule has 212 valence electrons. The zero-order chi connectivity index (χ0) is 29.1. The van der Waals surface area contributed by atoms with Crippen LogP contribution in [0.15, 0.2) is 6.07 Å². The molecule has 1 aromatic heterocycles. The van der Waals surface area contributed by atoms with Crippen molar-refractivity contribution in [1.82, 2.24) is 14.8 Å². The van der Waals surface area contributed by atoms with Gasteiger partial charge in [-0.05, 0) is 30.5 Å². The van der Waals surface area contributed by atoms with Crippen molar-refractivity contribution >= 4 is 23.7 Å². The monoisotopic (exact) mass is 546 g/mol. The first-order valence-electron chi connectivity index (χ1n) is 11.1. The Morgan fingerprint density at radius 1 is 1.03 bits per heavy atom. The number of hydrogen-bond donors (Lipinski definition) is 3. The number of halogens is 6. The van der Waals surface area contributed by atoms with E-state index < -0.39 is 24.3 Å². The molecule has 1 amide bonds. The van der Waals surface area contributed by atoms with E-state index in [4.69, 9.17) is 24.8 Å². The Labute approximate surface area is 210 Å². The Kier molecular flexibility index (Phi) is 13.4. The molecule has 0 atom stereocenters. The molecule has 0 spiro atoms. The fraction of sp³-hybridized carbons (Fsp3) is 0.636. The van der Waals surface area contributed by atoms with Crippen LogP contribution in [-0.4, -0.2) is 95.5 Å². The maximum atomic E-state index is 12.5. The van der Waals surface area contributed by atoms with Gasteiger partial charge in [0.15, 0.2) is 0 Å². The minimum absolute atomic E-state index is 0.0168. The number of fused-ring (bicyclic) bond motifs is 1. The lowest BCUT2D eigenvalue weighted by Crippen LogP contribution is -2.25. The molecule has 0 fully saturated rings. The van der Waals surface area contributed by atoms with E-state index in [9.17, 15) is 31.1 Å². The molecule has 2 rings (SSSR count). The normalized spacial score (nSPS) is 13.7. The lowest BCUT2D eigenvalue weighted by atomic mass is 10.0. The van der Waals surface area contributed by atoms with E-state index in [0.717, 1.165) is 50.5 Å². The molecule has 0 unspecified atom stereocenters. The van der Waals surface area contributed by atoms with Crippen LogP contribution in [0.5, 0.6) is 0 Å². The van der Waals surface area contributed by atoms with Gasteiger partial charge in [-0.2, -0.15) is 26.3 Å². The highest BCUT2D eigenvalue weighted by atomic mass is 19.4. The summed E-state index contributed by atoms with van der Waals surface area (Å²) in [5.74, 6) is -4.25. The second-order valence-electron chi connectivity index (χ2n) is 8.50. The van der Waals surface area contributed by atoms with Crippen LogP contribution in [0.3, 0.4) is 0 Å². The van der Waals surface area contributed by atoms with Crippen LogP contribution in [0.25, 0.3) is 0 Å². The Morgan fingerprint density at radius 3 is 1.86 bits per heavy atom. The van der Waals surface area contributed by atoms with Gasteiger partial charge in [0.05, 0.1) is 5.56 Å². The summed E-state index contributed by atoms with van der Waals surface area (Å²) >= 11 is 0. The van der Waals surface area contributed by atoms with Crippen molar-refractivity contribution in [3.63, 3.8) is 0 Å².